The lowest BCUT2D eigenvalue weighted by molar-refractivity contribution is -0.120. The van der Waals surface area contributed by atoms with Crippen LogP contribution in [0.1, 0.15) is 18.4 Å². The Morgan fingerprint density at radius 3 is 2.33 bits per heavy atom. The maximum Gasteiger partial charge on any atom is 0.140 e. The summed E-state index contributed by atoms with van der Waals surface area (Å²) < 4.78 is 0. The lowest BCUT2D eigenvalue weighted by Gasteiger charge is -2.14. The molecule has 12 heavy (non-hydrogen) atoms. The zero-order chi connectivity index (χ0) is 8.39. The number of carbonyl (C=O) groups is 1. The third-order valence-corrected chi connectivity index (χ3v) is 2.02. The third-order valence-electron chi connectivity index (χ3n) is 2.02. The molecule has 2 rings (SSSR count). The molecular weight excluding hydrogens is 148 g/mol. The summed E-state index contributed by atoms with van der Waals surface area (Å²) in [6.45, 7) is 0. The van der Waals surface area contributed by atoms with Crippen molar-refractivity contribution in [3.05, 3.63) is 41.5 Å². The first-order valence-corrected chi connectivity index (χ1v) is 4.11. The van der Waals surface area contributed by atoms with Gasteiger partial charge in [-0.25, -0.2) is 0 Å². The van der Waals surface area contributed by atoms with Gasteiger partial charge < -0.3 is 0 Å². The summed E-state index contributed by atoms with van der Waals surface area (Å²) in [5.41, 5.74) is 2.45. The molecule has 0 unspecified atom stereocenters. The molecule has 0 spiro atoms. The van der Waals surface area contributed by atoms with Crippen LogP contribution >= 0.6 is 0 Å². The molecule has 0 saturated heterocycles. The SMILES string of the molecule is O=C1CC(=Cc2ccccc2)C1. The van der Waals surface area contributed by atoms with Crippen LogP contribution in [-0.2, 0) is 4.79 Å². The Morgan fingerprint density at radius 2 is 1.75 bits per heavy atom. The summed E-state index contributed by atoms with van der Waals surface area (Å²) in [6, 6.07) is 10.1. The van der Waals surface area contributed by atoms with E-state index in [0.717, 1.165) is 0 Å². The molecule has 0 N–H and O–H groups in total. The predicted octanol–water partition coefficient (Wildman–Crippen LogP) is 2.43. The molecule has 1 aliphatic carbocycles. The Balaban J connectivity index is 2.14. The standard InChI is InChI=1S/C11H10O/c12-11-7-10(8-11)6-9-4-2-1-3-5-9/h1-6H,7-8H2. The number of hydrogen-bond acceptors (Lipinski definition) is 1. The van der Waals surface area contributed by atoms with Gasteiger partial charge in [0.25, 0.3) is 0 Å². The molecule has 1 nitrogen and oxygen atoms in total. The summed E-state index contributed by atoms with van der Waals surface area (Å²) in [5.74, 6) is 0.359. The second-order valence-electron chi connectivity index (χ2n) is 3.11. The highest BCUT2D eigenvalue weighted by molar-refractivity contribution is 5.93. The number of rotatable bonds is 1. The van der Waals surface area contributed by atoms with Gasteiger partial charge in [-0.1, -0.05) is 42.0 Å². The van der Waals surface area contributed by atoms with Gasteiger partial charge in [-0.2, -0.15) is 0 Å². The van der Waals surface area contributed by atoms with E-state index < -0.39 is 0 Å². The molecule has 0 atom stereocenters. The average molecular weight is 158 g/mol. The zero-order valence-electron chi connectivity index (χ0n) is 6.79. The number of allylic oxidation sites excluding steroid dienone is 1. The monoisotopic (exact) mass is 158 g/mol. The van der Waals surface area contributed by atoms with Crippen molar-refractivity contribution in [2.24, 2.45) is 0 Å². The number of benzene rings is 1. The maximum atomic E-state index is 10.7. The highest BCUT2D eigenvalue weighted by Gasteiger charge is 2.18. The first-order chi connectivity index (χ1) is 5.84. The molecule has 0 bridgehead atoms. The number of hydrogen-bond donors (Lipinski definition) is 0. The lowest BCUT2D eigenvalue weighted by atomic mass is 9.89. The summed E-state index contributed by atoms with van der Waals surface area (Å²) in [5, 5.41) is 0. The van der Waals surface area contributed by atoms with Crippen LogP contribution < -0.4 is 0 Å². The Morgan fingerprint density at radius 1 is 1.08 bits per heavy atom. The van der Waals surface area contributed by atoms with Crippen LogP contribution in [0.25, 0.3) is 6.08 Å². The van der Waals surface area contributed by atoms with E-state index >= 15 is 0 Å². The van der Waals surface area contributed by atoms with Crippen LogP contribution in [-0.4, -0.2) is 5.78 Å². The van der Waals surface area contributed by atoms with Crippen molar-refractivity contribution in [2.75, 3.05) is 0 Å². The van der Waals surface area contributed by atoms with E-state index in [0.29, 0.717) is 18.6 Å². The Bertz CT molecular complexity index is 312. The molecule has 1 aromatic rings. The predicted molar refractivity (Wildman–Crippen MR) is 48.7 cm³/mol. The van der Waals surface area contributed by atoms with Gasteiger partial charge in [-0.15, -0.1) is 0 Å². The van der Waals surface area contributed by atoms with Gasteiger partial charge in [0.1, 0.15) is 5.78 Å². The molecule has 1 aromatic carbocycles. The normalized spacial score (nSPS) is 15.7. The molecular formula is C11H10O. The van der Waals surface area contributed by atoms with Crippen molar-refractivity contribution in [2.45, 2.75) is 12.8 Å². The second-order valence-corrected chi connectivity index (χ2v) is 3.11. The van der Waals surface area contributed by atoms with E-state index in [-0.39, 0.29) is 0 Å². The molecule has 1 heteroatoms. The van der Waals surface area contributed by atoms with Crippen molar-refractivity contribution in [3.8, 4) is 0 Å². The van der Waals surface area contributed by atoms with Gasteiger partial charge in [0.15, 0.2) is 0 Å². The Hall–Kier alpha value is -1.37. The number of carbonyl (C=O) groups excluding carboxylic acids is 1. The van der Waals surface area contributed by atoms with Crippen LogP contribution in [0.3, 0.4) is 0 Å². The Kier molecular flexibility index (Phi) is 1.78. The average Bonchev–Trinajstić information content (AvgIpc) is 2.04. The van der Waals surface area contributed by atoms with E-state index in [4.69, 9.17) is 0 Å². The van der Waals surface area contributed by atoms with Gasteiger partial charge >= 0.3 is 0 Å². The minimum atomic E-state index is 0.359. The van der Waals surface area contributed by atoms with Crippen LogP contribution in [0.4, 0.5) is 0 Å². The van der Waals surface area contributed by atoms with Crippen molar-refractivity contribution in [1.29, 1.82) is 0 Å². The summed E-state index contributed by atoms with van der Waals surface area (Å²) in [4.78, 5) is 10.7. The van der Waals surface area contributed by atoms with Crippen molar-refractivity contribution >= 4 is 11.9 Å². The smallest absolute Gasteiger partial charge is 0.140 e. The molecule has 1 aliphatic rings. The molecule has 0 aromatic heterocycles. The zero-order valence-corrected chi connectivity index (χ0v) is 6.79. The van der Waals surface area contributed by atoms with Gasteiger partial charge in [0.2, 0.25) is 0 Å². The first kappa shape index (κ1) is 7.29. The van der Waals surface area contributed by atoms with Crippen LogP contribution in [0, 0.1) is 0 Å². The highest BCUT2D eigenvalue weighted by atomic mass is 16.1. The fourth-order valence-electron chi connectivity index (χ4n) is 1.34. The largest absolute Gasteiger partial charge is 0.299 e. The van der Waals surface area contributed by atoms with E-state index in [9.17, 15) is 4.79 Å². The molecule has 1 fully saturated rings. The third kappa shape index (κ3) is 1.45. The Labute approximate surface area is 71.7 Å². The molecule has 0 amide bonds. The number of ketones is 1. The minimum absolute atomic E-state index is 0.359. The molecule has 60 valence electrons. The van der Waals surface area contributed by atoms with Gasteiger partial charge in [-0.3, -0.25) is 4.79 Å². The van der Waals surface area contributed by atoms with Gasteiger partial charge in [-0.05, 0) is 5.56 Å². The van der Waals surface area contributed by atoms with Crippen LogP contribution in [0.15, 0.2) is 35.9 Å². The first-order valence-electron chi connectivity index (χ1n) is 4.11. The lowest BCUT2D eigenvalue weighted by Crippen LogP contribution is -2.12. The van der Waals surface area contributed by atoms with E-state index in [1.165, 1.54) is 11.1 Å². The second kappa shape index (κ2) is 2.94. The molecule has 1 saturated carbocycles. The summed E-state index contributed by atoms with van der Waals surface area (Å²) in [6.07, 6.45) is 3.42. The van der Waals surface area contributed by atoms with Crippen LogP contribution in [0.5, 0.6) is 0 Å². The fraction of sp³-hybridized carbons (Fsp3) is 0.182. The molecule has 0 radical (unpaired) electrons. The van der Waals surface area contributed by atoms with E-state index in [2.05, 4.69) is 18.2 Å². The quantitative estimate of drug-likeness (QED) is 0.613. The van der Waals surface area contributed by atoms with E-state index in [1.54, 1.807) is 0 Å². The van der Waals surface area contributed by atoms with Crippen molar-refractivity contribution in [1.82, 2.24) is 0 Å². The van der Waals surface area contributed by atoms with Crippen LogP contribution in [0.2, 0.25) is 0 Å². The highest BCUT2D eigenvalue weighted by Crippen LogP contribution is 2.23. The maximum absolute atomic E-state index is 10.7. The summed E-state index contributed by atoms with van der Waals surface area (Å²) >= 11 is 0. The minimum Gasteiger partial charge on any atom is -0.299 e. The summed E-state index contributed by atoms with van der Waals surface area (Å²) in [7, 11) is 0. The topological polar surface area (TPSA) is 17.1 Å². The van der Waals surface area contributed by atoms with Crippen molar-refractivity contribution < 1.29 is 4.79 Å². The molecule has 0 aliphatic heterocycles. The fourth-order valence-corrected chi connectivity index (χ4v) is 1.34. The van der Waals surface area contributed by atoms with E-state index in [1.807, 2.05) is 18.2 Å². The van der Waals surface area contributed by atoms with Gasteiger partial charge in [0, 0.05) is 12.8 Å². The van der Waals surface area contributed by atoms with Gasteiger partial charge in [0.05, 0.1) is 0 Å². The van der Waals surface area contributed by atoms with Crippen molar-refractivity contribution in [3.63, 3.8) is 0 Å². The molecule has 0 heterocycles. The number of Topliss-reactive ketones (excluding diaryl/α,β-unsaturated/α-hetero) is 1.